The lowest BCUT2D eigenvalue weighted by molar-refractivity contribution is 0.0922. The number of rotatable bonds is 10. The van der Waals surface area contributed by atoms with Crippen LogP contribution in [0.5, 0.6) is 0 Å². The first kappa shape index (κ1) is 25.3. The van der Waals surface area contributed by atoms with Gasteiger partial charge in [0.25, 0.3) is 5.91 Å². The number of hydrogen-bond donors (Lipinski definition) is 3. The molecule has 36 heavy (non-hydrogen) atoms. The number of aliphatic hydroxyl groups excluding tert-OH is 1. The first-order valence-corrected chi connectivity index (χ1v) is 12.2. The Morgan fingerprint density at radius 3 is 2.36 bits per heavy atom. The van der Waals surface area contributed by atoms with Crippen LogP contribution in [-0.2, 0) is 0 Å². The number of pyridine rings is 1. The zero-order chi connectivity index (χ0) is 25.7. The molecule has 2 aromatic carbocycles. The van der Waals surface area contributed by atoms with Crippen LogP contribution in [0.2, 0.25) is 0 Å². The van der Waals surface area contributed by atoms with Crippen LogP contribution in [0.3, 0.4) is 0 Å². The third-order valence-electron chi connectivity index (χ3n) is 6.27. The number of aryl methyl sites for hydroxylation is 1. The van der Waals surface area contributed by atoms with Gasteiger partial charge in [0, 0.05) is 19.3 Å². The van der Waals surface area contributed by atoms with Crippen LogP contribution in [0.15, 0.2) is 79.1 Å². The fourth-order valence-electron chi connectivity index (χ4n) is 4.12. The molecule has 2 heterocycles. The number of Topliss-reactive ketones (excluding diaryl/α,β-unsaturated/α-hetero) is 1. The van der Waals surface area contributed by atoms with Crippen molar-refractivity contribution >= 4 is 17.2 Å². The van der Waals surface area contributed by atoms with Crippen LogP contribution in [0, 0.1) is 6.92 Å². The van der Waals surface area contributed by atoms with Gasteiger partial charge < -0.3 is 15.7 Å². The average Bonchev–Trinajstić information content (AvgIpc) is 3.31. The van der Waals surface area contributed by atoms with Crippen LogP contribution >= 0.6 is 0 Å². The van der Waals surface area contributed by atoms with E-state index in [-0.39, 0.29) is 24.2 Å². The molecule has 3 atom stereocenters. The smallest absolute Gasteiger partial charge is 0.252 e. The van der Waals surface area contributed by atoms with Crippen molar-refractivity contribution in [1.29, 1.82) is 0 Å². The molecule has 2 aromatic heterocycles. The summed E-state index contributed by atoms with van der Waals surface area (Å²) in [6, 6.07) is 21.0. The number of fused-ring (bicyclic) bond motifs is 1. The summed E-state index contributed by atoms with van der Waals surface area (Å²) < 4.78 is 1.54. The van der Waals surface area contributed by atoms with Gasteiger partial charge in [0.15, 0.2) is 5.78 Å². The molecule has 1 amide bonds. The van der Waals surface area contributed by atoms with E-state index in [4.69, 9.17) is 0 Å². The molecule has 0 fully saturated rings. The van der Waals surface area contributed by atoms with Crippen molar-refractivity contribution in [2.75, 3.05) is 13.1 Å². The number of carbonyl (C=O) groups is 2. The standard InChI is InChI=1S/C29H32N4O3/c1-19-9-11-22(12-10-19)20(2)15-30-27(23-7-5-4-6-8-23)28(35)25-17-32-33-18-24(13-14-26(25)33)29(36)31-16-21(3)34/h4-14,17-18,20-21,27,30,34H,15-16H2,1-3H3,(H,31,36)/t20-,21+,27+/m0/s1. The SMILES string of the molecule is Cc1ccc([C@@H](C)CN[C@@H](C(=O)c2cnn3cc(C(=O)NC[C@@H](C)O)ccc23)c2ccccc2)cc1. The fourth-order valence-corrected chi connectivity index (χ4v) is 4.12. The van der Waals surface area contributed by atoms with Crippen LogP contribution in [-0.4, -0.2) is 45.6 Å². The number of amides is 1. The molecule has 0 bridgehead atoms. The van der Waals surface area contributed by atoms with Gasteiger partial charge in [-0.05, 0) is 43.0 Å². The Labute approximate surface area is 211 Å². The zero-order valence-corrected chi connectivity index (χ0v) is 20.8. The van der Waals surface area contributed by atoms with Gasteiger partial charge in [0.05, 0.1) is 35.0 Å². The van der Waals surface area contributed by atoms with E-state index in [1.54, 1.807) is 36.0 Å². The molecule has 4 aromatic rings. The highest BCUT2D eigenvalue weighted by atomic mass is 16.3. The Kier molecular flexibility index (Phi) is 7.93. The summed E-state index contributed by atoms with van der Waals surface area (Å²) in [7, 11) is 0. The monoisotopic (exact) mass is 484 g/mol. The first-order valence-electron chi connectivity index (χ1n) is 12.2. The second kappa shape index (κ2) is 11.3. The van der Waals surface area contributed by atoms with Crippen molar-refractivity contribution in [3.63, 3.8) is 0 Å². The molecular formula is C29H32N4O3. The van der Waals surface area contributed by atoms with E-state index < -0.39 is 12.1 Å². The number of ketones is 1. The summed E-state index contributed by atoms with van der Waals surface area (Å²) in [6.07, 6.45) is 2.51. The van der Waals surface area contributed by atoms with E-state index in [1.165, 1.54) is 11.1 Å². The maximum absolute atomic E-state index is 13.8. The van der Waals surface area contributed by atoms with Crippen LogP contribution in [0.1, 0.15) is 63.2 Å². The highest BCUT2D eigenvalue weighted by molar-refractivity contribution is 6.06. The van der Waals surface area contributed by atoms with E-state index >= 15 is 0 Å². The summed E-state index contributed by atoms with van der Waals surface area (Å²) in [5, 5.41) is 19.9. The lowest BCUT2D eigenvalue weighted by atomic mass is 9.95. The summed E-state index contributed by atoms with van der Waals surface area (Å²) >= 11 is 0. The molecule has 0 saturated carbocycles. The molecule has 0 radical (unpaired) electrons. The topological polar surface area (TPSA) is 95.7 Å². The molecule has 0 spiro atoms. The third kappa shape index (κ3) is 5.87. The van der Waals surface area contributed by atoms with Gasteiger partial charge in [-0.2, -0.15) is 5.10 Å². The zero-order valence-electron chi connectivity index (χ0n) is 20.8. The van der Waals surface area contributed by atoms with Crippen molar-refractivity contribution < 1.29 is 14.7 Å². The maximum Gasteiger partial charge on any atom is 0.252 e. The second-order valence-electron chi connectivity index (χ2n) is 9.29. The Morgan fingerprint density at radius 2 is 1.67 bits per heavy atom. The summed E-state index contributed by atoms with van der Waals surface area (Å²) in [5.74, 6) is -0.176. The van der Waals surface area contributed by atoms with Gasteiger partial charge in [0.1, 0.15) is 0 Å². The summed E-state index contributed by atoms with van der Waals surface area (Å²) in [6.45, 7) is 6.60. The molecule has 0 aliphatic carbocycles. The predicted molar refractivity (Wildman–Crippen MR) is 140 cm³/mol. The van der Waals surface area contributed by atoms with Crippen molar-refractivity contribution in [1.82, 2.24) is 20.2 Å². The van der Waals surface area contributed by atoms with Crippen molar-refractivity contribution in [2.45, 2.75) is 38.8 Å². The van der Waals surface area contributed by atoms with E-state index in [0.717, 1.165) is 5.56 Å². The van der Waals surface area contributed by atoms with Crippen LogP contribution in [0.25, 0.3) is 5.52 Å². The van der Waals surface area contributed by atoms with E-state index in [9.17, 15) is 14.7 Å². The van der Waals surface area contributed by atoms with Gasteiger partial charge in [-0.1, -0.05) is 67.1 Å². The average molecular weight is 485 g/mol. The van der Waals surface area contributed by atoms with Crippen LogP contribution < -0.4 is 10.6 Å². The van der Waals surface area contributed by atoms with Gasteiger partial charge in [-0.3, -0.25) is 9.59 Å². The molecule has 0 aliphatic heterocycles. The quantitative estimate of drug-likeness (QED) is 0.295. The first-order chi connectivity index (χ1) is 17.3. The normalized spacial score (nSPS) is 13.8. The summed E-state index contributed by atoms with van der Waals surface area (Å²) in [4.78, 5) is 26.2. The Bertz CT molecular complexity index is 1330. The number of nitrogens with one attached hydrogen (secondary N) is 2. The molecule has 0 unspecified atom stereocenters. The molecule has 4 rings (SSSR count). The molecular weight excluding hydrogens is 452 g/mol. The highest BCUT2D eigenvalue weighted by Gasteiger charge is 2.25. The fraction of sp³-hybridized carbons (Fsp3) is 0.276. The number of carbonyl (C=O) groups excluding carboxylic acids is 2. The largest absolute Gasteiger partial charge is 0.392 e. The minimum atomic E-state index is -0.636. The van der Waals surface area contributed by atoms with Crippen LogP contribution in [0.4, 0.5) is 0 Å². The number of hydrogen-bond acceptors (Lipinski definition) is 5. The number of aliphatic hydroxyl groups is 1. The Morgan fingerprint density at radius 1 is 0.944 bits per heavy atom. The number of aromatic nitrogens is 2. The third-order valence-corrected chi connectivity index (χ3v) is 6.27. The van der Waals surface area contributed by atoms with Gasteiger partial charge >= 0.3 is 0 Å². The number of benzene rings is 2. The van der Waals surface area contributed by atoms with E-state index in [1.807, 2.05) is 30.3 Å². The van der Waals surface area contributed by atoms with E-state index in [2.05, 4.69) is 53.8 Å². The van der Waals surface area contributed by atoms with Crippen molar-refractivity contribution in [3.05, 3.63) is 107 Å². The van der Waals surface area contributed by atoms with Crippen molar-refractivity contribution in [3.8, 4) is 0 Å². The number of nitrogens with zero attached hydrogens (tertiary/aromatic N) is 2. The predicted octanol–water partition coefficient (Wildman–Crippen LogP) is 4.07. The minimum Gasteiger partial charge on any atom is -0.392 e. The molecule has 0 aliphatic rings. The molecule has 7 nitrogen and oxygen atoms in total. The molecule has 3 N–H and O–H groups in total. The lowest BCUT2D eigenvalue weighted by Gasteiger charge is -2.21. The lowest BCUT2D eigenvalue weighted by Crippen LogP contribution is -2.31. The van der Waals surface area contributed by atoms with Gasteiger partial charge in [0.2, 0.25) is 0 Å². The molecule has 0 saturated heterocycles. The Balaban J connectivity index is 1.57. The molecule has 186 valence electrons. The summed E-state index contributed by atoms with van der Waals surface area (Å²) in [5.41, 5.74) is 4.82. The van der Waals surface area contributed by atoms with Gasteiger partial charge in [-0.15, -0.1) is 0 Å². The maximum atomic E-state index is 13.8. The molecule has 7 heteroatoms. The second-order valence-corrected chi connectivity index (χ2v) is 9.29. The highest BCUT2D eigenvalue weighted by Crippen LogP contribution is 2.24. The van der Waals surface area contributed by atoms with Gasteiger partial charge in [-0.25, -0.2) is 4.52 Å². The van der Waals surface area contributed by atoms with E-state index in [0.29, 0.717) is 23.2 Å². The van der Waals surface area contributed by atoms with Crippen molar-refractivity contribution in [2.24, 2.45) is 0 Å². The minimum absolute atomic E-state index is 0.0846. The Hall–Kier alpha value is -3.81.